The van der Waals surface area contributed by atoms with Crippen LogP contribution in [-0.4, -0.2) is 18.6 Å². The van der Waals surface area contributed by atoms with Crippen LogP contribution in [0.2, 0.25) is 0 Å². The lowest BCUT2D eigenvalue weighted by molar-refractivity contribution is 0.414. The number of methoxy groups -OCH3 is 1. The van der Waals surface area contributed by atoms with Crippen LogP contribution in [0, 0.1) is 11.3 Å². The highest BCUT2D eigenvalue weighted by molar-refractivity contribution is 5.95. The second kappa shape index (κ2) is 5.74. The molecule has 1 aliphatic heterocycles. The first-order chi connectivity index (χ1) is 11.8. The molecule has 3 aromatic rings. The van der Waals surface area contributed by atoms with E-state index in [1.807, 2.05) is 12.1 Å². The number of fused-ring (bicyclic) bond motifs is 2. The number of nitrogens with one attached hydrogen (secondary N) is 2. The summed E-state index contributed by atoms with van der Waals surface area (Å²) in [5.41, 5.74) is 5.73. The van der Waals surface area contributed by atoms with Gasteiger partial charge in [-0.05, 0) is 36.2 Å². The normalized spacial score (nSPS) is 12.3. The van der Waals surface area contributed by atoms with E-state index in [0.29, 0.717) is 11.3 Å². The maximum atomic E-state index is 9.32. The summed E-state index contributed by atoms with van der Waals surface area (Å²) < 4.78 is 5.26. The van der Waals surface area contributed by atoms with Crippen LogP contribution in [0.1, 0.15) is 11.1 Å². The summed E-state index contributed by atoms with van der Waals surface area (Å²) in [4.78, 5) is 4.38. The first-order valence-electron chi connectivity index (χ1n) is 7.79. The van der Waals surface area contributed by atoms with Crippen molar-refractivity contribution in [2.45, 2.75) is 6.42 Å². The molecule has 118 valence electrons. The van der Waals surface area contributed by atoms with Gasteiger partial charge in [-0.3, -0.25) is 4.98 Å². The Balaban J connectivity index is 1.78. The van der Waals surface area contributed by atoms with Gasteiger partial charge in [0.15, 0.2) is 0 Å². The van der Waals surface area contributed by atoms with Crippen LogP contribution in [0.5, 0.6) is 5.75 Å². The maximum Gasteiger partial charge on any atom is 0.138 e. The molecule has 0 fully saturated rings. The molecule has 2 heterocycles. The van der Waals surface area contributed by atoms with Gasteiger partial charge in [0, 0.05) is 41.3 Å². The largest absolute Gasteiger partial charge is 0.495 e. The summed E-state index contributed by atoms with van der Waals surface area (Å²) in [7, 11) is 1.56. The van der Waals surface area contributed by atoms with Crippen LogP contribution in [0.4, 0.5) is 17.1 Å². The van der Waals surface area contributed by atoms with Crippen molar-refractivity contribution in [3.63, 3.8) is 0 Å². The van der Waals surface area contributed by atoms with E-state index in [-0.39, 0.29) is 0 Å². The molecule has 5 heteroatoms. The summed E-state index contributed by atoms with van der Waals surface area (Å²) in [5.74, 6) is 0.538. The van der Waals surface area contributed by atoms with E-state index >= 15 is 0 Å². The molecule has 4 rings (SSSR count). The van der Waals surface area contributed by atoms with Crippen molar-refractivity contribution in [2.24, 2.45) is 0 Å². The molecule has 0 amide bonds. The predicted molar refractivity (Wildman–Crippen MR) is 94.9 cm³/mol. The summed E-state index contributed by atoms with van der Waals surface area (Å²) >= 11 is 0. The van der Waals surface area contributed by atoms with Crippen molar-refractivity contribution in [3.8, 4) is 11.8 Å². The number of nitriles is 1. The molecule has 0 aliphatic carbocycles. The molecule has 0 unspecified atom stereocenters. The molecule has 1 aliphatic rings. The summed E-state index contributed by atoms with van der Waals surface area (Å²) in [6.45, 7) is 0.988. The van der Waals surface area contributed by atoms with Gasteiger partial charge in [0.2, 0.25) is 0 Å². The van der Waals surface area contributed by atoms with Gasteiger partial charge in [-0.25, -0.2) is 0 Å². The number of anilines is 3. The zero-order chi connectivity index (χ0) is 16.5. The molecule has 0 spiro atoms. The van der Waals surface area contributed by atoms with Gasteiger partial charge in [-0.15, -0.1) is 0 Å². The number of hydrogen-bond donors (Lipinski definition) is 2. The van der Waals surface area contributed by atoms with E-state index in [1.165, 1.54) is 11.3 Å². The number of hydrogen-bond acceptors (Lipinski definition) is 5. The highest BCUT2D eigenvalue weighted by Crippen LogP contribution is 2.32. The summed E-state index contributed by atoms with van der Waals surface area (Å²) in [6.07, 6.45) is 2.82. The Morgan fingerprint density at radius 3 is 3.00 bits per heavy atom. The van der Waals surface area contributed by atoms with Crippen LogP contribution in [-0.2, 0) is 6.42 Å². The lowest BCUT2D eigenvalue weighted by Crippen LogP contribution is -1.96. The molecule has 0 atom stereocenters. The van der Waals surface area contributed by atoms with Gasteiger partial charge in [-0.2, -0.15) is 5.26 Å². The smallest absolute Gasteiger partial charge is 0.138 e. The Morgan fingerprint density at radius 2 is 2.17 bits per heavy atom. The SMILES string of the molecule is COc1cc2nccc(Nc3ccc4c(c3)NCC4)c2cc1C#N. The van der Waals surface area contributed by atoms with Crippen molar-refractivity contribution in [3.05, 3.63) is 53.7 Å². The molecule has 0 bridgehead atoms. The van der Waals surface area contributed by atoms with Gasteiger partial charge >= 0.3 is 0 Å². The lowest BCUT2D eigenvalue weighted by Gasteiger charge is -2.12. The Hall–Kier alpha value is -3.26. The molecule has 5 nitrogen and oxygen atoms in total. The topological polar surface area (TPSA) is 70.0 Å². The lowest BCUT2D eigenvalue weighted by atomic mass is 10.1. The van der Waals surface area contributed by atoms with Gasteiger partial charge in [0.25, 0.3) is 0 Å². The quantitative estimate of drug-likeness (QED) is 0.768. The van der Waals surface area contributed by atoms with E-state index in [0.717, 1.165) is 35.2 Å². The van der Waals surface area contributed by atoms with Crippen molar-refractivity contribution in [1.82, 2.24) is 4.98 Å². The van der Waals surface area contributed by atoms with Gasteiger partial charge in [0.1, 0.15) is 11.8 Å². The molecule has 0 saturated carbocycles. The maximum absolute atomic E-state index is 9.32. The second-order valence-electron chi connectivity index (χ2n) is 5.71. The second-order valence-corrected chi connectivity index (χ2v) is 5.71. The Labute approximate surface area is 139 Å². The number of ether oxygens (including phenoxy) is 1. The van der Waals surface area contributed by atoms with Gasteiger partial charge in [-0.1, -0.05) is 6.07 Å². The minimum absolute atomic E-state index is 0.497. The number of nitrogens with zero attached hydrogens (tertiary/aromatic N) is 2. The van der Waals surface area contributed by atoms with E-state index in [9.17, 15) is 5.26 Å². The predicted octanol–water partition coefficient (Wildman–Crippen LogP) is 3.83. The van der Waals surface area contributed by atoms with Gasteiger partial charge < -0.3 is 15.4 Å². The fourth-order valence-corrected chi connectivity index (χ4v) is 3.06. The fourth-order valence-electron chi connectivity index (χ4n) is 3.06. The number of aromatic nitrogens is 1. The minimum Gasteiger partial charge on any atom is -0.495 e. The zero-order valence-corrected chi connectivity index (χ0v) is 13.3. The molecule has 24 heavy (non-hydrogen) atoms. The minimum atomic E-state index is 0.497. The molecular formula is C19H16N4O. The fraction of sp³-hybridized carbons (Fsp3) is 0.158. The number of pyridine rings is 1. The third-order valence-corrected chi connectivity index (χ3v) is 4.28. The molecule has 0 saturated heterocycles. The molecule has 0 radical (unpaired) electrons. The zero-order valence-electron chi connectivity index (χ0n) is 13.3. The van der Waals surface area contributed by atoms with Crippen molar-refractivity contribution in [2.75, 3.05) is 24.3 Å². The average molecular weight is 316 g/mol. The first-order valence-corrected chi connectivity index (χ1v) is 7.79. The van der Waals surface area contributed by atoms with Crippen LogP contribution < -0.4 is 15.4 Å². The van der Waals surface area contributed by atoms with E-state index < -0.39 is 0 Å². The summed E-state index contributed by atoms with van der Waals surface area (Å²) in [5, 5.41) is 17.0. The van der Waals surface area contributed by atoms with E-state index in [2.05, 4.69) is 39.9 Å². The molecular weight excluding hydrogens is 300 g/mol. The number of benzene rings is 2. The Bertz CT molecular complexity index is 975. The van der Waals surface area contributed by atoms with Crippen LogP contribution >= 0.6 is 0 Å². The van der Waals surface area contributed by atoms with Crippen LogP contribution in [0.3, 0.4) is 0 Å². The highest BCUT2D eigenvalue weighted by atomic mass is 16.5. The van der Waals surface area contributed by atoms with Crippen LogP contribution in [0.15, 0.2) is 42.6 Å². The van der Waals surface area contributed by atoms with Crippen molar-refractivity contribution in [1.29, 1.82) is 5.26 Å². The molecule has 2 N–H and O–H groups in total. The summed E-state index contributed by atoms with van der Waals surface area (Å²) in [6, 6.07) is 14.0. The monoisotopic (exact) mass is 316 g/mol. The number of rotatable bonds is 3. The first kappa shape index (κ1) is 14.3. The van der Waals surface area contributed by atoms with Crippen LogP contribution in [0.25, 0.3) is 10.9 Å². The highest BCUT2D eigenvalue weighted by Gasteiger charge is 2.12. The molecule has 1 aromatic heterocycles. The average Bonchev–Trinajstić information content (AvgIpc) is 3.08. The third-order valence-electron chi connectivity index (χ3n) is 4.28. The van der Waals surface area contributed by atoms with Crippen molar-refractivity contribution >= 4 is 28.0 Å². The standard InChI is InChI=1S/C19H16N4O/c1-24-19-10-18-15(8-13(19)11-20)16(5-7-22-18)23-14-3-2-12-4-6-21-17(12)9-14/h2-3,5,7-10,21H,4,6H2,1H3,(H,22,23). The van der Waals surface area contributed by atoms with Gasteiger partial charge in [0.05, 0.1) is 18.2 Å². The van der Waals surface area contributed by atoms with E-state index in [1.54, 1.807) is 19.4 Å². The van der Waals surface area contributed by atoms with Crippen molar-refractivity contribution < 1.29 is 4.74 Å². The third kappa shape index (κ3) is 2.38. The Morgan fingerprint density at radius 1 is 1.25 bits per heavy atom. The van der Waals surface area contributed by atoms with E-state index in [4.69, 9.17) is 4.74 Å². The molecule has 2 aromatic carbocycles. The Kier molecular flexibility index (Phi) is 3.43.